The monoisotopic (exact) mass is 276 g/mol. The molecule has 0 spiro atoms. The van der Waals surface area contributed by atoms with Gasteiger partial charge in [0.2, 0.25) is 0 Å². The Morgan fingerprint density at radius 2 is 2.05 bits per heavy atom. The number of nitriles is 1. The van der Waals surface area contributed by atoms with Gasteiger partial charge in [-0.3, -0.25) is 0 Å². The van der Waals surface area contributed by atoms with Crippen LogP contribution in [0.15, 0.2) is 18.2 Å². The van der Waals surface area contributed by atoms with Gasteiger partial charge in [0.15, 0.2) is 0 Å². The summed E-state index contributed by atoms with van der Waals surface area (Å²) < 4.78 is 13.7. The molecule has 4 heteroatoms. The van der Waals surface area contributed by atoms with E-state index in [1.807, 2.05) is 6.07 Å². The highest BCUT2D eigenvalue weighted by atomic mass is 19.1. The largest absolute Gasteiger partial charge is 0.396 e. The van der Waals surface area contributed by atoms with Crippen molar-refractivity contribution in [1.29, 1.82) is 5.26 Å². The molecule has 0 aromatic heterocycles. The lowest BCUT2D eigenvalue weighted by Crippen LogP contribution is -2.32. The fraction of sp³-hybridized carbons (Fsp3) is 0.562. The van der Waals surface area contributed by atoms with Crippen molar-refractivity contribution in [1.82, 2.24) is 5.32 Å². The first-order chi connectivity index (χ1) is 9.74. The number of aliphatic hydroxyl groups is 1. The minimum absolute atomic E-state index is 0.248. The van der Waals surface area contributed by atoms with Crippen LogP contribution in [-0.4, -0.2) is 18.3 Å². The second-order valence-corrected chi connectivity index (χ2v) is 5.54. The van der Waals surface area contributed by atoms with Gasteiger partial charge in [-0.15, -0.1) is 0 Å². The number of nitrogens with zero attached hydrogens (tertiary/aromatic N) is 1. The second-order valence-electron chi connectivity index (χ2n) is 5.54. The van der Waals surface area contributed by atoms with Crippen molar-refractivity contribution >= 4 is 0 Å². The molecule has 0 bridgehead atoms. The zero-order valence-corrected chi connectivity index (χ0v) is 11.6. The number of aliphatic hydroxyl groups excluding tert-OH is 1. The second kappa shape index (κ2) is 7.37. The molecular formula is C16H21FN2O. The maximum absolute atomic E-state index is 13.7. The first-order valence-electron chi connectivity index (χ1n) is 7.24. The lowest BCUT2D eigenvalue weighted by atomic mass is 9.79. The molecule has 108 valence electrons. The summed E-state index contributed by atoms with van der Waals surface area (Å²) in [6.07, 6.45) is 4.64. The van der Waals surface area contributed by atoms with E-state index in [1.54, 1.807) is 12.1 Å². The Hall–Kier alpha value is -1.44. The Kier molecular flexibility index (Phi) is 5.51. The predicted molar refractivity (Wildman–Crippen MR) is 75.4 cm³/mol. The van der Waals surface area contributed by atoms with Crippen LogP contribution in [0.4, 0.5) is 4.39 Å². The van der Waals surface area contributed by atoms with Crippen LogP contribution in [0.3, 0.4) is 0 Å². The molecule has 2 atom stereocenters. The van der Waals surface area contributed by atoms with Crippen molar-refractivity contribution in [2.24, 2.45) is 11.8 Å². The fourth-order valence-corrected chi connectivity index (χ4v) is 2.95. The number of halogens is 1. The number of benzene rings is 1. The summed E-state index contributed by atoms with van der Waals surface area (Å²) in [6, 6.07) is 6.49. The van der Waals surface area contributed by atoms with Gasteiger partial charge >= 0.3 is 0 Å². The highest BCUT2D eigenvalue weighted by Gasteiger charge is 2.23. The van der Waals surface area contributed by atoms with Gasteiger partial charge in [0, 0.05) is 18.7 Å². The summed E-state index contributed by atoms with van der Waals surface area (Å²) in [4.78, 5) is 0. The molecule has 0 radical (unpaired) electrons. The van der Waals surface area contributed by atoms with Gasteiger partial charge in [0.25, 0.3) is 0 Å². The number of hydrogen-bond acceptors (Lipinski definition) is 3. The predicted octanol–water partition coefficient (Wildman–Crippen LogP) is 2.59. The molecule has 20 heavy (non-hydrogen) atoms. The molecule has 1 aliphatic rings. The van der Waals surface area contributed by atoms with Crippen molar-refractivity contribution in [3.8, 4) is 6.07 Å². The molecule has 2 rings (SSSR count). The molecule has 1 aromatic rings. The zero-order chi connectivity index (χ0) is 14.4. The average Bonchev–Trinajstić information content (AvgIpc) is 2.49. The number of nitrogens with one attached hydrogen (secondary N) is 1. The van der Waals surface area contributed by atoms with E-state index in [4.69, 9.17) is 5.26 Å². The molecule has 1 aliphatic carbocycles. The third kappa shape index (κ3) is 3.78. The van der Waals surface area contributed by atoms with Crippen molar-refractivity contribution < 1.29 is 9.50 Å². The minimum Gasteiger partial charge on any atom is -0.396 e. The molecular weight excluding hydrogens is 255 g/mol. The quantitative estimate of drug-likeness (QED) is 0.869. The molecule has 0 saturated heterocycles. The molecule has 0 amide bonds. The van der Waals surface area contributed by atoms with Gasteiger partial charge in [-0.05, 0) is 43.4 Å². The first kappa shape index (κ1) is 15.0. The van der Waals surface area contributed by atoms with Crippen LogP contribution in [0, 0.1) is 29.0 Å². The van der Waals surface area contributed by atoms with Gasteiger partial charge in [-0.1, -0.05) is 18.9 Å². The summed E-state index contributed by atoms with van der Waals surface area (Å²) >= 11 is 0. The summed E-state index contributed by atoms with van der Waals surface area (Å²) in [6.45, 7) is 1.52. The highest BCUT2D eigenvalue weighted by Crippen LogP contribution is 2.29. The highest BCUT2D eigenvalue weighted by molar-refractivity contribution is 5.32. The molecule has 2 unspecified atom stereocenters. The Morgan fingerprint density at radius 1 is 1.30 bits per heavy atom. The molecule has 3 nitrogen and oxygen atoms in total. The normalized spacial score (nSPS) is 22.4. The third-order valence-corrected chi connectivity index (χ3v) is 4.21. The van der Waals surface area contributed by atoms with E-state index in [-0.39, 0.29) is 12.4 Å². The zero-order valence-electron chi connectivity index (χ0n) is 11.6. The van der Waals surface area contributed by atoms with Gasteiger partial charge in [-0.2, -0.15) is 5.26 Å². The van der Waals surface area contributed by atoms with E-state index in [0.29, 0.717) is 29.5 Å². The van der Waals surface area contributed by atoms with Gasteiger partial charge in [-0.25, -0.2) is 4.39 Å². The van der Waals surface area contributed by atoms with Crippen LogP contribution >= 0.6 is 0 Å². The molecule has 1 saturated carbocycles. The van der Waals surface area contributed by atoms with Crippen molar-refractivity contribution in [3.05, 3.63) is 35.1 Å². The Morgan fingerprint density at radius 3 is 2.70 bits per heavy atom. The molecule has 1 fully saturated rings. The lowest BCUT2D eigenvalue weighted by Gasteiger charge is -2.30. The maximum atomic E-state index is 13.7. The van der Waals surface area contributed by atoms with Crippen LogP contribution < -0.4 is 5.32 Å². The molecule has 2 N–H and O–H groups in total. The van der Waals surface area contributed by atoms with Crippen LogP contribution in [-0.2, 0) is 6.54 Å². The number of rotatable bonds is 5. The van der Waals surface area contributed by atoms with E-state index < -0.39 is 0 Å². The SMILES string of the molecule is N#Cc1ccc(CNCC2CCCCC2CO)c(F)c1. The summed E-state index contributed by atoms with van der Waals surface area (Å²) in [5.74, 6) is 0.524. The molecule has 0 aliphatic heterocycles. The first-order valence-corrected chi connectivity index (χ1v) is 7.24. The summed E-state index contributed by atoms with van der Waals surface area (Å²) in [5, 5.41) is 21.3. The van der Waals surface area contributed by atoms with E-state index >= 15 is 0 Å². The maximum Gasteiger partial charge on any atom is 0.129 e. The minimum atomic E-state index is -0.334. The summed E-state index contributed by atoms with van der Waals surface area (Å²) in [5.41, 5.74) is 0.930. The van der Waals surface area contributed by atoms with Gasteiger partial charge in [0.05, 0.1) is 11.6 Å². The van der Waals surface area contributed by atoms with E-state index in [2.05, 4.69) is 5.32 Å². The smallest absolute Gasteiger partial charge is 0.129 e. The topological polar surface area (TPSA) is 56.0 Å². The summed E-state index contributed by atoms with van der Waals surface area (Å²) in [7, 11) is 0. The standard InChI is InChI=1S/C16H21FN2O/c17-16-7-12(8-18)5-6-14(16)10-19-9-13-3-1-2-4-15(13)11-20/h5-7,13,15,19-20H,1-4,9-11H2. The number of hydrogen-bond donors (Lipinski definition) is 2. The van der Waals surface area contributed by atoms with Crippen molar-refractivity contribution in [2.75, 3.05) is 13.2 Å². The molecule has 0 heterocycles. The average molecular weight is 276 g/mol. The van der Waals surface area contributed by atoms with Crippen LogP contribution in [0.1, 0.15) is 36.8 Å². The van der Waals surface area contributed by atoms with Gasteiger partial charge in [0.1, 0.15) is 5.82 Å². The van der Waals surface area contributed by atoms with Crippen molar-refractivity contribution in [2.45, 2.75) is 32.2 Å². The Balaban J connectivity index is 1.85. The van der Waals surface area contributed by atoms with E-state index in [1.165, 1.54) is 18.9 Å². The molecule has 1 aromatic carbocycles. The van der Waals surface area contributed by atoms with Crippen LogP contribution in [0.2, 0.25) is 0 Å². The van der Waals surface area contributed by atoms with Crippen LogP contribution in [0.25, 0.3) is 0 Å². The lowest BCUT2D eigenvalue weighted by molar-refractivity contribution is 0.133. The van der Waals surface area contributed by atoms with E-state index in [9.17, 15) is 9.50 Å². The van der Waals surface area contributed by atoms with Crippen molar-refractivity contribution in [3.63, 3.8) is 0 Å². The Labute approximate surface area is 119 Å². The van der Waals surface area contributed by atoms with Crippen LogP contribution in [0.5, 0.6) is 0 Å². The third-order valence-electron chi connectivity index (χ3n) is 4.21. The fourth-order valence-electron chi connectivity index (χ4n) is 2.95. The van der Waals surface area contributed by atoms with E-state index in [0.717, 1.165) is 19.4 Å². The van der Waals surface area contributed by atoms with Gasteiger partial charge < -0.3 is 10.4 Å². The Bertz CT molecular complexity index is 484.